The highest BCUT2D eigenvalue weighted by molar-refractivity contribution is 6.08. The van der Waals surface area contributed by atoms with Crippen LogP contribution in [0.15, 0.2) is 59.5 Å². The molecule has 0 spiro atoms. The molecule has 0 bridgehead atoms. The fourth-order valence-electron chi connectivity index (χ4n) is 4.00. The van der Waals surface area contributed by atoms with Gasteiger partial charge in [-0.3, -0.25) is 9.59 Å². The van der Waals surface area contributed by atoms with Crippen LogP contribution in [0.4, 0.5) is 0 Å². The third kappa shape index (κ3) is 3.38. The Labute approximate surface area is 175 Å². The zero-order valence-electron chi connectivity index (χ0n) is 17.6. The number of aromatic nitrogens is 3. The number of fused-ring (bicyclic) bond motifs is 3. The Morgan fingerprint density at radius 2 is 1.73 bits per heavy atom. The van der Waals surface area contributed by atoms with Crippen molar-refractivity contribution in [3.8, 4) is 0 Å². The molecule has 0 saturated heterocycles. The van der Waals surface area contributed by atoms with Crippen LogP contribution in [0.2, 0.25) is 0 Å². The van der Waals surface area contributed by atoms with Gasteiger partial charge < -0.3 is 9.88 Å². The monoisotopic (exact) mass is 402 g/mol. The maximum Gasteiger partial charge on any atom is 0.291 e. The van der Waals surface area contributed by atoms with Gasteiger partial charge in [0, 0.05) is 24.4 Å². The molecule has 1 amide bonds. The molecule has 0 unspecified atom stereocenters. The van der Waals surface area contributed by atoms with Gasteiger partial charge in [-0.15, -0.1) is 0 Å². The van der Waals surface area contributed by atoms with Crippen LogP contribution in [0.25, 0.3) is 21.8 Å². The van der Waals surface area contributed by atoms with E-state index in [1.165, 1.54) is 10.2 Å². The number of carbonyl (C=O) groups is 1. The molecule has 0 saturated carbocycles. The third-order valence-corrected chi connectivity index (χ3v) is 5.71. The predicted octanol–water partition coefficient (Wildman–Crippen LogP) is 3.72. The standard InChI is InChI=1S/C24H26N4O2/c1-4-16-10-12-17(13-11-16)14-25-23(29)20(5-2)28-21-9-7-6-8-18(21)19-15-26-27(3)24(30)22(19)28/h6-13,15,20H,4-5,14H2,1-3H3,(H,25,29)/t20-/m1/s1. The Hall–Kier alpha value is -3.41. The average molecular weight is 402 g/mol. The van der Waals surface area contributed by atoms with Gasteiger partial charge in [0.15, 0.2) is 0 Å². The van der Waals surface area contributed by atoms with E-state index in [4.69, 9.17) is 0 Å². The lowest BCUT2D eigenvalue weighted by molar-refractivity contribution is -0.124. The third-order valence-electron chi connectivity index (χ3n) is 5.71. The van der Waals surface area contributed by atoms with Crippen LogP contribution >= 0.6 is 0 Å². The lowest BCUT2D eigenvalue weighted by atomic mass is 10.1. The van der Waals surface area contributed by atoms with Gasteiger partial charge in [0.2, 0.25) is 5.91 Å². The van der Waals surface area contributed by atoms with Crippen LogP contribution in [0.1, 0.15) is 37.4 Å². The smallest absolute Gasteiger partial charge is 0.291 e. The molecule has 6 nitrogen and oxygen atoms in total. The molecule has 0 aliphatic rings. The normalized spacial score (nSPS) is 12.4. The first-order chi connectivity index (χ1) is 14.5. The van der Waals surface area contributed by atoms with Gasteiger partial charge >= 0.3 is 0 Å². The van der Waals surface area contributed by atoms with Crippen molar-refractivity contribution in [2.45, 2.75) is 39.3 Å². The quantitative estimate of drug-likeness (QED) is 0.534. The van der Waals surface area contributed by atoms with Gasteiger partial charge in [-0.25, -0.2) is 4.68 Å². The summed E-state index contributed by atoms with van der Waals surface area (Å²) in [6.45, 7) is 4.54. The molecular weight excluding hydrogens is 376 g/mol. The van der Waals surface area contributed by atoms with Crippen molar-refractivity contribution in [3.63, 3.8) is 0 Å². The number of rotatable bonds is 6. The number of benzene rings is 2. The molecule has 4 rings (SSSR count). The van der Waals surface area contributed by atoms with Gasteiger partial charge in [0.25, 0.3) is 5.56 Å². The Morgan fingerprint density at radius 1 is 1.03 bits per heavy atom. The molecule has 0 fully saturated rings. The Morgan fingerprint density at radius 3 is 2.43 bits per heavy atom. The largest absolute Gasteiger partial charge is 0.350 e. The number of para-hydroxylation sites is 1. The number of amides is 1. The first kappa shape index (κ1) is 19.9. The van der Waals surface area contributed by atoms with Gasteiger partial charge in [-0.2, -0.15) is 5.10 Å². The fourth-order valence-corrected chi connectivity index (χ4v) is 4.00. The van der Waals surface area contributed by atoms with E-state index in [0.29, 0.717) is 18.5 Å². The van der Waals surface area contributed by atoms with Gasteiger partial charge in [-0.1, -0.05) is 56.3 Å². The van der Waals surface area contributed by atoms with Gasteiger partial charge in [0.05, 0.1) is 11.7 Å². The van der Waals surface area contributed by atoms with E-state index in [0.717, 1.165) is 28.3 Å². The predicted molar refractivity (Wildman–Crippen MR) is 119 cm³/mol. The lowest BCUT2D eigenvalue weighted by Gasteiger charge is -2.19. The second kappa shape index (κ2) is 8.14. The highest BCUT2D eigenvalue weighted by atomic mass is 16.2. The number of hydrogen-bond donors (Lipinski definition) is 1. The molecule has 1 N–H and O–H groups in total. The minimum Gasteiger partial charge on any atom is -0.350 e. The lowest BCUT2D eigenvalue weighted by Crippen LogP contribution is -2.33. The number of hydrogen-bond acceptors (Lipinski definition) is 3. The van der Waals surface area contributed by atoms with Crippen LogP contribution < -0.4 is 10.9 Å². The second-order valence-electron chi connectivity index (χ2n) is 7.53. The van der Waals surface area contributed by atoms with Crippen molar-refractivity contribution < 1.29 is 4.79 Å². The Bertz CT molecular complexity index is 1270. The van der Waals surface area contributed by atoms with Gasteiger partial charge in [0.1, 0.15) is 11.6 Å². The summed E-state index contributed by atoms with van der Waals surface area (Å²) in [5.41, 5.74) is 3.50. The SMILES string of the molecule is CCc1ccc(CNC(=O)[C@@H](CC)n2c3ccccc3c3cnn(C)c(=O)c32)cc1. The number of aryl methyl sites for hydroxylation is 2. The van der Waals surface area contributed by atoms with E-state index >= 15 is 0 Å². The first-order valence-electron chi connectivity index (χ1n) is 10.4. The maximum atomic E-state index is 13.2. The molecule has 2 heterocycles. The molecule has 2 aromatic carbocycles. The second-order valence-corrected chi connectivity index (χ2v) is 7.53. The molecule has 0 aliphatic heterocycles. The van der Waals surface area contributed by atoms with Crippen molar-refractivity contribution in [3.05, 3.63) is 76.2 Å². The molecule has 2 aromatic heterocycles. The molecule has 30 heavy (non-hydrogen) atoms. The zero-order valence-corrected chi connectivity index (χ0v) is 17.6. The van der Waals surface area contributed by atoms with Crippen molar-refractivity contribution in [2.75, 3.05) is 0 Å². The molecule has 0 radical (unpaired) electrons. The fraction of sp³-hybridized carbons (Fsp3) is 0.292. The first-order valence-corrected chi connectivity index (χ1v) is 10.4. The molecule has 154 valence electrons. The minimum atomic E-state index is -0.489. The van der Waals surface area contributed by atoms with Crippen LogP contribution in [-0.4, -0.2) is 20.3 Å². The van der Waals surface area contributed by atoms with Crippen LogP contribution in [0.5, 0.6) is 0 Å². The zero-order chi connectivity index (χ0) is 21.3. The number of nitrogens with zero attached hydrogens (tertiary/aromatic N) is 3. The number of nitrogens with one attached hydrogen (secondary N) is 1. The highest BCUT2D eigenvalue weighted by Crippen LogP contribution is 2.30. The summed E-state index contributed by atoms with van der Waals surface area (Å²) < 4.78 is 3.20. The van der Waals surface area contributed by atoms with Crippen LogP contribution in [0.3, 0.4) is 0 Å². The number of carbonyl (C=O) groups excluding carboxylic acids is 1. The van der Waals surface area contributed by atoms with Crippen molar-refractivity contribution in [1.29, 1.82) is 0 Å². The molecule has 1 atom stereocenters. The summed E-state index contributed by atoms with van der Waals surface area (Å²) in [6.07, 6.45) is 3.26. The van der Waals surface area contributed by atoms with E-state index in [2.05, 4.69) is 29.5 Å². The van der Waals surface area contributed by atoms with Crippen molar-refractivity contribution >= 4 is 27.7 Å². The summed E-state index contributed by atoms with van der Waals surface area (Å²) in [5.74, 6) is -0.0985. The van der Waals surface area contributed by atoms with Crippen LogP contribution in [-0.2, 0) is 24.8 Å². The summed E-state index contributed by atoms with van der Waals surface area (Å²) in [6, 6.07) is 15.6. The summed E-state index contributed by atoms with van der Waals surface area (Å²) >= 11 is 0. The summed E-state index contributed by atoms with van der Waals surface area (Å²) in [7, 11) is 1.63. The van der Waals surface area contributed by atoms with E-state index in [1.807, 2.05) is 47.9 Å². The molecule has 0 aliphatic carbocycles. The van der Waals surface area contributed by atoms with Crippen molar-refractivity contribution in [1.82, 2.24) is 19.7 Å². The maximum absolute atomic E-state index is 13.2. The Kier molecular flexibility index (Phi) is 5.40. The van der Waals surface area contributed by atoms with E-state index in [-0.39, 0.29) is 11.5 Å². The summed E-state index contributed by atoms with van der Waals surface area (Å²) in [4.78, 5) is 26.1. The van der Waals surface area contributed by atoms with E-state index in [9.17, 15) is 9.59 Å². The van der Waals surface area contributed by atoms with E-state index < -0.39 is 6.04 Å². The minimum absolute atomic E-state index is 0.0985. The average Bonchev–Trinajstić information content (AvgIpc) is 3.11. The highest BCUT2D eigenvalue weighted by Gasteiger charge is 2.25. The molecule has 4 aromatic rings. The van der Waals surface area contributed by atoms with Crippen LogP contribution in [0, 0.1) is 0 Å². The van der Waals surface area contributed by atoms with E-state index in [1.54, 1.807) is 13.2 Å². The van der Waals surface area contributed by atoms with Crippen molar-refractivity contribution in [2.24, 2.45) is 7.05 Å². The summed E-state index contributed by atoms with van der Waals surface area (Å²) in [5, 5.41) is 8.94. The molecular formula is C24H26N4O2. The Balaban J connectivity index is 1.73. The van der Waals surface area contributed by atoms with Gasteiger partial charge in [-0.05, 0) is 30.0 Å². The molecule has 6 heteroatoms. The topological polar surface area (TPSA) is 68.9 Å².